The Morgan fingerprint density at radius 2 is 2.00 bits per heavy atom. The first kappa shape index (κ1) is 16.8. The van der Waals surface area contributed by atoms with Crippen LogP contribution in [-0.2, 0) is 9.47 Å². The molecule has 0 unspecified atom stereocenters. The van der Waals surface area contributed by atoms with Crippen LogP contribution in [0.4, 0.5) is 11.8 Å². The van der Waals surface area contributed by atoms with Crippen molar-refractivity contribution in [3.63, 3.8) is 0 Å². The number of morpholine rings is 2. The van der Waals surface area contributed by atoms with Crippen LogP contribution in [0.15, 0.2) is 12.1 Å². The number of hydrogen-bond acceptors (Lipinski definition) is 7. The van der Waals surface area contributed by atoms with Gasteiger partial charge in [0.15, 0.2) is 5.65 Å². The highest BCUT2D eigenvalue weighted by Gasteiger charge is 2.26. The number of aromatic nitrogens is 3. The molecule has 2 saturated heterocycles. The Labute approximate surface area is 151 Å². The van der Waals surface area contributed by atoms with Crippen LogP contribution >= 0.6 is 11.6 Å². The van der Waals surface area contributed by atoms with Gasteiger partial charge in [-0.3, -0.25) is 0 Å². The molecule has 0 amide bonds. The van der Waals surface area contributed by atoms with E-state index in [2.05, 4.69) is 33.6 Å². The highest BCUT2D eigenvalue weighted by molar-refractivity contribution is 6.29. The number of fused-ring (bicyclic) bond motifs is 1. The van der Waals surface area contributed by atoms with Crippen LogP contribution in [0.1, 0.15) is 13.8 Å². The van der Waals surface area contributed by atoms with Gasteiger partial charge in [-0.05, 0) is 26.0 Å². The van der Waals surface area contributed by atoms with Crippen molar-refractivity contribution in [2.24, 2.45) is 0 Å². The fourth-order valence-electron chi connectivity index (χ4n) is 3.36. The number of ether oxygens (including phenoxy) is 2. The van der Waals surface area contributed by atoms with Crippen LogP contribution in [0, 0.1) is 0 Å². The Bertz CT molecular complexity index is 774. The highest BCUT2D eigenvalue weighted by atomic mass is 35.5. The monoisotopic (exact) mass is 363 g/mol. The zero-order valence-corrected chi connectivity index (χ0v) is 15.2. The van der Waals surface area contributed by atoms with Crippen molar-refractivity contribution in [2.75, 3.05) is 49.3 Å². The second-order valence-electron chi connectivity index (χ2n) is 6.60. The van der Waals surface area contributed by atoms with Gasteiger partial charge in [0, 0.05) is 19.6 Å². The summed E-state index contributed by atoms with van der Waals surface area (Å²) in [5.74, 6) is 1.59. The lowest BCUT2D eigenvalue weighted by Crippen LogP contribution is -2.45. The van der Waals surface area contributed by atoms with Crippen LogP contribution in [0.3, 0.4) is 0 Å². The number of hydrogen-bond donors (Lipinski definition) is 0. The van der Waals surface area contributed by atoms with Gasteiger partial charge < -0.3 is 19.3 Å². The molecule has 0 spiro atoms. The summed E-state index contributed by atoms with van der Waals surface area (Å²) in [6.07, 6.45) is 0.158. The molecular formula is C17H22ClN5O2. The van der Waals surface area contributed by atoms with E-state index in [-0.39, 0.29) is 12.1 Å². The molecule has 134 valence electrons. The Morgan fingerprint density at radius 1 is 1.12 bits per heavy atom. The fourth-order valence-corrected chi connectivity index (χ4v) is 3.51. The molecule has 2 aliphatic rings. The molecule has 2 aromatic rings. The molecule has 4 heterocycles. The first-order valence-electron chi connectivity index (χ1n) is 8.67. The standard InChI is InChI=1S/C17H22ClN5O2/c1-11-10-24-7-6-23(11)16-13-3-4-14(18)19-15(13)20-17(21-16)22-5-8-25-12(2)9-22/h3-4,11-12H,5-10H2,1-2H3/t11-,12-/m0/s1. The summed E-state index contributed by atoms with van der Waals surface area (Å²) in [4.78, 5) is 18.5. The Morgan fingerprint density at radius 3 is 2.80 bits per heavy atom. The second-order valence-corrected chi connectivity index (χ2v) is 6.98. The molecule has 7 nitrogen and oxygen atoms in total. The lowest BCUT2D eigenvalue weighted by Gasteiger charge is -2.36. The Hall–Kier alpha value is -1.70. The zero-order valence-electron chi connectivity index (χ0n) is 14.5. The van der Waals surface area contributed by atoms with Crippen molar-refractivity contribution in [1.82, 2.24) is 15.0 Å². The van der Waals surface area contributed by atoms with Gasteiger partial charge in [-0.2, -0.15) is 9.97 Å². The Balaban J connectivity index is 1.81. The van der Waals surface area contributed by atoms with Crippen molar-refractivity contribution >= 4 is 34.4 Å². The summed E-state index contributed by atoms with van der Waals surface area (Å²) >= 11 is 6.11. The van der Waals surface area contributed by atoms with Gasteiger partial charge in [-0.1, -0.05) is 11.6 Å². The minimum Gasteiger partial charge on any atom is -0.377 e. The van der Waals surface area contributed by atoms with E-state index in [4.69, 9.17) is 26.1 Å². The minimum absolute atomic E-state index is 0.158. The molecule has 25 heavy (non-hydrogen) atoms. The van der Waals surface area contributed by atoms with Crippen LogP contribution < -0.4 is 9.80 Å². The van der Waals surface area contributed by atoms with Gasteiger partial charge in [0.05, 0.1) is 37.4 Å². The van der Waals surface area contributed by atoms with E-state index in [1.807, 2.05) is 6.07 Å². The third-order valence-corrected chi connectivity index (χ3v) is 4.87. The summed E-state index contributed by atoms with van der Waals surface area (Å²) in [5, 5.41) is 1.36. The molecule has 2 aromatic heterocycles. The molecule has 0 aromatic carbocycles. The third-order valence-electron chi connectivity index (χ3n) is 4.66. The van der Waals surface area contributed by atoms with Crippen LogP contribution in [0.2, 0.25) is 5.15 Å². The van der Waals surface area contributed by atoms with Crippen molar-refractivity contribution in [2.45, 2.75) is 26.0 Å². The summed E-state index contributed by atoms with van der Waals surface area (Å²) in [5.41, 5.74) is 0.630. The number of anilines is 2. The quantitative estimate of drug-likeness (QED) is 0.757. The molecule has 2 atom stereocenters. The first-order chi connectivity index (χ1) is 12.1. The summed E-state index contributed by atoms with van der Waals surface area (Å²) in [6, 6.07) is 3.99. The Kier molecular flexibility index (Phi) is 4.62. The largest absolute Gasteiger partial charge is 0.377 e. The SMILES string of the molecule is C[C@H]1CN(c2nc(N3CCOC[C@@H]3C)c3ccc(Cl)nc3n2)CCO1. The van der Waals surface area contributed by atoms with E-state index in [9.17, 15) is 0 Å². The minimum atomic E-state index is 0.158. The highest BCUT2D eigenvalue weighted by Crippen LogP contribution is 2.29. The normalized spacial score (nSPS) is 24.8. The second kappa shape index (κ2) is 6.90. The van der Waals surface area contributed by atoms with E-state index < -0.39 is 0 Å². The fraction of sp³-hybridized carbons (Fsp3) is 0.588. The lowest BCUT2D eigenvalue weighted by molar-refractivity contribution is 0.0526. The molecule has 0 radical (unpaired) electrons. The number of nitrogens with zero attached hydrogens (tertiary/aromatic N) is 5. The van der Waals surface area contributed by atoms with Crippen molar-refractivity contribution in [3.05, 3.63) is 17.3 Å². The number of halogens is 1. The van der Waals surface area contributed by atoms with E-state index in [1.165, 1.54) is 0 Å². The van der Waals surface area contributed by atoms with Gasteiger partial charge in [0.25, 0.3) is 0 Å². The molecule has 0 N–H and O–H groups in total. The summed E-state index contributed by atoms with van der Waals surface area (Å²) in [7, 11) is 0. The van der Waals surface area contributed by atoms with Crippen molar-refractivity contribution < 1.29 is 9.47 Å². The predicted octanol–water partition coefficient (Wildman–Crippen LogP) is 2.13. The van der Waals surface area contributed by atoms with Crippen molar-refractivity contribution in [3.8, 4) is 0 Å². The molecule has 0 aliphatic carbocycles. The van der Waals surface area contributed by atoms with E-state index in [0.717, 1.165) is 30.8 Å². The number of pyridine rings is 1. The van der Waals surface area contributed by atoms with Crippen LogP contribution in [-0.4, -0.2) is 66.6 Å². The molecule has 4 rings (SSSR count). The van der Waals surface area contributed by atoms with Crippen molar-refractivity contribution in [1.29, 1.82) is 0 Å². The zero-order chi connectivity index (χ0) is 17.4. The maximum atomic E-state index is 6.11. The molecule has 2 fully saturated rings. The van der Waals surface area contributed by atoms with Gasteiger partial charge >= 0.3 is 0 Å². The van der Waals surface area contributed by atoms with Gasteiger partial charge in [0.2, 0.25) is 5.95 Å². The van der Waals surface area contributed by atoms with E-state index >= 15 is 0 Å². The van der Waals surface area contributed by atoms with Gasteiger partial charge in [0.1, 0.15) is 11.0 Å². The third kappa shape index (κ3) is 3.36. The molecule has 0 saturated carbocycles. The average molecular weight is 364 g/mol. The first-order valence-corrected chi connectivity index (χ1v) is 9.05. The van der Waals surface area contributed by atoms with Gasteiger partial charge in [-0.15, -0.1) is 0 Å². The van der Waals surface area contributed by atoms with Gasteiger partial charge in [-0.25, -0.2) is 4.98 Å². The van der Waals surface area contributed by atoms with E-state index in [0.29, 0.717) is 36.6 Å². The molecule has 8 heteroatoms. The average Bonchev–Trinajstić information content (AvgIpc) is 2.61. The molecule has 2 aliphatic heterocycles. The maximum Gasteiger partial charge on any atom is 0.229 e. The maximum absolute atomic E-state index is 6.11. The van der Waals surface area contributed by atoms with E-state index in [1.54, 1.807) is 6.07 Å². The number of rotatable bonds is 2. The lowest BCUT2D eigenvalue weighted by atomic mass is 10.2. The summed E-state index contributed by atoms with van der Waals surface area (Å²) in [6.45, 7) is 8.61. The predicted molar refractivity (Wildman–Crippen MR) is 97.6 cm³/mol. The van der Waals surface area contributed by atoms with Crippen LogP contribution in [0.5, 0.6) is 0 Å². The smallest absolute Gasteiger partial charge is 0.229 e. The topological polar surface area (TPSA) is 63.6 Å². The van der Waals surface area contributed by atoms with Crippen LogP contribution in [0.25, 0.3) is 11.0 Å². The molecular weight excluding hydrogens is 342 g/mol. The molecule has 0 bridgehead atoms. The summed E-state index contributed by atoms with van der Waals surface area (Å²) < 4.78 is 11.2.